The number of ether oxygens (including phenoxy) is 1. The fourth-order valence-electron chi connectivity index (χ4n) is 2.30. The van der Waals surface area contributed by atoms with E-state index < -0.39 is 0 Å². The van der Waals surface area contributed by atoms with Crippen molar-refractivity contribution in [3.8, 4) is 0 Å². The van der Waals surface area contributed by atoms with Crippen LogP contribution in [-0.2, 0) is 4.74 Å². The maximum Gasteiger partial charge on any atom is 0.0839 e. The minimum absolute atomic E-state index is 0.0659. The summed E-state index contributed by atoms with van der Waals surface area (Å²) in [6.45, 7) is 9.54. The molecule has 2 heteroatoms. The van der Waals surface area contributed by atoms with Gasteiger partial charge < -0.3 is 9.84 Å². The Labute approximate surface area is 87.7 Å². The molecule has 0 spiro atoms. The van der Waals surface area contributed by atoms with Crippen molar-refractivity contribution in [2.24, 2.45) is 17.8 Å². The zero-order valence-electron chi connectivity index (χ0n) is 9.86. The topological polar surface area (TPSA) is 29.5 Å². The Morgan fingerprint density at radius 2 is 1.93 bits per heavy atom. The van der Waals surface area contributed by atoms with E-state index in [0.717, 1.165) is 19.4 Å². The molecule has 3 atom stereocenters. The van der Waals surface area contributed by atoms with Crippen LogP contribution >= 0.6 is 0 Å². The summed E-state index contributed by atoms with van der Waals surface area (Å²) in [7, 11) is 0. The van der Waals surface area contributed by atoms with E-state index in [9.17, 15) is 5.11 Å². The van der Waals surface area contributed by atoms with E-state index in [-0.39, 0.29) is 12.2 Å². The molecule has 0 amide bonds. The van der Waals surface area contributed by atoms with E-state index >= 15 is 0 Å². The van der Waals surface area contributed by atoms with Gasteiger partial charge in [-0.05, 0) is 30.6 Å². The van der Waals surface area contributed by atoms with E-state index in [4.69, 9.17) is 4.74 Å². The molecule has 1 aliphatic rings. The van der Waals surface area contributed by atoms with Gasteiger partial charge in [-0.25, -0.2) is 0 Å². The quantitative estimate of drug-likeness (QED) is 0.758. The van der Waals surface area contributed by atoms with E-state index in [2.05, 4.69) is 27.7 Å². The van der Waals surface area contributed by atoms with Crippen LogP contribution in [0, 0.1) is 17.8 Å². The van der Waals surface area contributed by atoms with Crippen LogP contribution in [0.25, 0.3) is 0 Å². The molecule has 0 bridgehead atoms. The van der Waals surface area contributed by atoms with Crippen LogP contribution in [0.4, 0.5) is 0 Å². The molecule has 14 heavy (non-hydrogen) atoms. The molecule has 84 valence electrons. The summed E-state index contributed by atoms with van der Waals surface area (Å²) in [5.74, 6) is 1.58. The number of aliphatic hydroxyl groups excluding tert-OH is 1. The number of hydrogen-bond acceptors (Lipinski definition) is 2. The zero-order chi connectivity index (χ0) is 10.7. The van der Waals surface area contributed by atoms with Crippen molar-refractivity contribution in [1.29, 1.82) is 0 Å². The molecule has 1 saturated heterocycles. The number of hydrogen-bond donors (Lipinski definition) is 1. The van der Waals surface area contributed by atoms with Gasteiger partial charge in [-0.15, -0.1) is 0 Å². The summed E-state index contributed by atoms with van der Waals surface area (Å²) in [5.41, 5.74) is 0. The largest absolute Gasteiger partial charge is 0.390 e. The molecule has 2 nitrogen and oxygen atoms in total. The van der Waals surface area contributed by atoms with Gasteiger partial charge in [0.2, 0.25) is 0 Å². The molecule has 0 aromatic rings. The Balaban J connectivity index is 2.52. The van der Waals surface area contributed by atoms with Gasteiger partial charge in [-0.1, -0.05) is 27.7 Å². The van der Waals surface area contributed by atoms with Gasteiger partial charge >= 0.3 is 0 Å². The summed E-state index contributed by atoms with van der Waals surface area (Å²) in [6.07, 6.45) is 1.79. The summed E-state index contributed by atoms with van der Waals surface area (Å²) in [4.78, 5) is 0. The minimum Gasteiger partial charge on any atom is -0.390 e. The van der Waals surface area contributed by atoms with Crippen molar-refractivity contribution in [1.82, 2.24) is 0 Å². The molecule has 0 aliphatic carbocycles. The molecule has 0 aromatic heterocycles. The molecule has 1 fully saturated rings. The Hall–Kier alpha value is -0.0800. The Kier molecular flexibility index (Phi) is 4.39. The third-order valence-electron chi connectivity index (χ3n) is 3.16. The number of rotatable bonds is 3. The molecule has 1 N–H and O–H groups in total. The molecule has 0 aromatic carbocycles. The molecule has 1 rings (SSSR count). The van der Waals surface area contributed by atoms with Crippen LogP contribution in [0.2, 0.25) is 0 Å². The summed E-state index contributed by atoms with van der Waals surface area (Å²) in [6, 6.07) is 0. The van der Waals surface area contributed by atoms with Crippen LogP contribution < -0.4 is 0 Å². The molecular weight excluding hydrogens is 176 g/mol. The van der Waals surface area contributed by atoms with Crippen molar-refractivity contribution < 1.29 is 9.84 Å². The average Bonchev–Trinajstić information content (AvgIpc) is 2.07. The lowest BCUT2D eigenvalue weighted by Crippen LogP contribution is -2.43. The fraction of sp³-hybridized carbons (Fsp3) is 1.00. The summed E-state index contributed by atoms with van der Waals surface area (Å²) < 4.78 is 5.63. The first-order chi connectivity index (χ1) is 6.52. The van der Waals surface area contributed by atoms with Gasteiger partial charge in [-0.3, -0.25) is 0 Å². The monoisotopic (exact) mass is 200 g/mol. The minimum atomic E-state index is -0.258. The zero-order valence-corrected chi connectivity index (χ0v) is 9.86. The lowest BCUT2D eigenvalue weighted by Gasteiger charge is -2.37. The third-order valence-corrected chi connectivity index (χ3v) is 3.16. The SMILES string of the molecule is CC(C)CC1OCCC(C(C)C)C1O. The second kappa shape index (κ2) is 5.13. The highest BCUT2D eigenvalue weighted by Crippen LogP contribution is 2.29. The second-order valence-electron chi connectivity index (χ2n) is 5.23. The highest BCUT2D eigenvalue weighted by atomic mass is 16.5. The maximum absolute atomic E-state index is 10.1. The summed E-state index contributed by atoms with van der Waals surface area (Å²) in [5, 5.41) is 10.1. The molecular formula is C12H24O2. The first kappa shape index (κ1) is 12.0. The van der Waals surface area contributed by atoms with Crippen LogP contribution in [0.5, 0.6) is 0 Å². The second-order valence-corrected chi connectivity index (χ2v) is 5.23. The Bertz CT molecular complexity index is 166. The van der Waals surface area contributed by atoms with Gasteiger partial charge in [-0.2, -0.15) is 0 Å². The van der Waals surface area contributed by atoms with E-state index in [1.165, 1.54) is 0 Å². The van der Waals surface area contributed by atoms with Crippen LogP contribution in [0.3, 0.4) is 0 Å². The Morgan fingerprint density at radius 1 is 1.29 bits per heavy atom. The van der Waals surface area contributed by atoms with Gasteiger partial charge in [0.25, 0.3) is 0 Å². The van der Waals surface area contributed by atoms with Gasteiger partial charge in [0.15, 0.2) is 0 Å². The maximum atomic E-state index is 10.1. The third kappa shape index (κ3) is 2.96. The predicted octanol–water partition coefficient (Wildman–Crippen LogP) is 2.45. The molecule has 0 saturated carbocycles. The predicted molar refractivity (Wildman–Crippen MR) is 58.1 cm³/mol. The molecule has 1 aliphatic heterocycles. The van der Waals surface area contributed by atoms with Crippen molar-refractivity contribution in [2.45, 2.75) is 52.7 Å². The first-order valence-corrected chi connectivity index (χ1v) is 5.82. The fourth-order valence-corrected chi connectivity index (χ4v) is 2.30. The highest BCUT2D eigenvalue weighted by Gasteiger charge is 2.34. The van der Waals surface area contributed by atoms with Crippen molar-refractivity contribution >= 4 is 0 Å². The van der Waals surface area contributed by atoms with Gasteiger partial charge in [0.1, 0.15) is 0 Å². The van der Waals surface area contributed by atoms with Crippen molar-refractivity contribution in [2.75, 3.05) is 6.61 Å². The van der Waals surface area contributed by atoms with Crippen LogP contribution in [0.15, 0.2) is 0 Å². The van der Waals surface area contributed by atoms with Gasteiger partial charge in [0, 0.05) is 6.61 Å². The van der Waals surface area contributed by atoms with Crippen molar-refractivity contribution in [3.05, 3.63) is 0 Å². The molecule has 3 unspecified atom stereocenters. The molecule has 0 radical (unpaired) electrons. The van der Waals surface area contributed by atoms with Crippen LogP contribution in [-0.4, -0.2) is 23.9 Å². The molecule has 1 heterocycles. The standard InChI is InChI=1S/C12H24O2/c1-8(2)7-11-12(13)10(9(3)4)5-6-14-11/h8-13H,5-7H2,1-4H3. The summed E-state index contributed by atoms with van der Waals surface area (Å²) >= 11 is 0. The van der Waals surface area contributed by atoms with Crippen molar-refractivity contribution in [3.63, 3.8) is 0 Å². The number of aliphatic hydroxyl groups is 1. The average molecular weight is 200 g/mol. The van der Waals surface area contributed by atoms with E-state index in [1.54, 1.807) is 0 Å². The normalized spacial score (nSPS) is 34.1. The smallest absolute Gasteiger partial charge is 0.0839 e. The first-order valence-electron chi connectivity index (χ1n) is 5.82. The van der Waals surface area contributed by atoms with Gasteiger partial charge in [0.05, 0.1) is 12.2 Å². The van der Waals surface area contributed by atoms with E-state index in [1.807, 2.05) is 0 Å². The Morgan fingerprint density at radius 3 is 2.43 bits per heavy atom. The lowest BCUT2D eigenvalue weighted by molar-refractivity contribution is -0.121. The van der Waals surface area contributed by atoms with Crippen LogP contribution in [0.1, 0.15) is 40.5 Å². The van der Waals surface area contributed by atoms with E-state index in [0.29, 0.717) is 17.8 Å². The lowest BCUT2D eigenvalue weighted by atomic mass is 9.81. The highest BCUT2D eigenvalue weighted by molar-refractivity contribution is 4.83.